The lowest BCUT2D eigenvalue weighted by atomic mass is 10.1. The second kappa shape index (κ2) is 10.1. The Labute approximate surface area is 206 Å². The number of aromatic nitrogens is 1. The number of anilines is 3. The molecule has 0 saturated carbocycles. The normalized spacial score (nSPS) is 14.7. The number of fused-ring (bicyclic) bond motifs is 1. The fraction of sp³-hybridized carbons (Fsp3) is 0.360. The lowest BCUT2D eigenvalue weighted by molar-refractivity contribution is -0.137. The lowest BCUT2D eigenvalue weighted by Gasteiger charge is -2.35. The Morgan fingerprint density at radius 1 is 1.14 bits per heavy atom. The molecule has 11 heteroatoms. The van der Waals surface area contributed by atoms with Crippen molar-refractivity contribution in [3.05, 3.63) is 47.7 Å². The van der Waals surface area contributed by atoms with Crippen LogP contribution in [-0.4, -0.2) is 62.7 Å². The SMILES string of the molecule is CCOc1cc2ncc(C(N)=O)c(Nc3cc(C(F)(F)F)ccc3OC)c2cc1N1CCN(C)CC1. The van der Waals surface area contributed by atoms with Crippen LogP contribution in [0, 0.1) is 0 Å². The summed E-state index contributed by atoms with van der Waals surface area (Å²) in [5.41, 5.74) is 6.39. The van der Waals surface area contributed by atoms with Crippen molar-refractivity contribution >= 4 is 33.9 Å². The third-order valence-electron chi connectivity index (χ3n) is 6.14. The molecule has 1 fully saturated rings. The summed E-state index contributed by atoms with van der Waals surface area (Å²) in [7, 11) is 3.40. The van der Waals surface area contributed by atoms with Gasteiger partial charge in [-0.15, -0.1) is 0 Å². The molecule has 0 aliphatic carbocycles. The van der Waals surface area contributed by atoms with Crippen LogP contribution in [0.1, 0.15) is 22.8 Å². The van der Waals surface area contributed by atoms with Crippen LogP contribution in [0.3, 0.4) is 0 Å². The average Bonchev–Trinajstić information content (AvgIpc) is 2.84. The molecule has 0 radical (unpaired) electrons. The first-order valence-corrected chi connectivity index (χ1v) is 11.5. The van der Waals surface area contributed by atoms with Gasteiger partial charge in [-0.1, -0.05) is 0 Å². The Kier molecular flexibility index (Phi) is 7.11. The molecule has 36 heavy (non-hydrogen) atoms. The summed E-state index contributed by atoms with van der Waals surface area (Å²) in [6.45, 7) is 5.56. The third-order valence-corrected chi connectivity index (χ3v) is 6.14. The van der Waals surface area contributed by atoms with Gasteiger partial charge in [0.25, 0.3) is 5.91 Å². The first-order valence-electron chi connectivity index (χ1n) is 11.5. The minimum atomic E-state index is -4.56. The highest BCUT2D eigenvalue weighted by Gasteiger charge is 2.31. The summed E-state index contributed by atoms with van der Waals surface area (Å²) in [4.78, 5) is 21.1. The van der Waals surface area contributed by atoms with Crippen LogP contribution in [0.15, 0.2) is 36.5 Å². The smallest absolute Gasteiger partial charge is 0.416 e. The van der Waals surface area contributed by atoms with E-state index in [1.807, 2.05) is 13.0 Å². The van der Waals surface area contributed by atoms with Crippen LogP contribution in [0.5, 0.6) is 11.5 Å². The molecule has 192 valence electrons. The number of piperazine rings is 1. The number of alkyl halides is 3. The summed E-state index contributed by atoms with van der Waals surface area (Å²) >= 11 is 0. The number of rotatable bonds is 7. The fourth-order valence-electron chi connectivity index (χ4n) is 4.21. The van der Waals surface area contributed by atoms with E-state index in [4.69, 9.17) is 15.2 Å². The summed E-state index contributed by atoms with van der Waals surface area (Å²) in [5, 5.41) is 3.50. The molecule has 1 amide bonds. The second-order valence-corrected chi connectivity index (χ2v) is 8.51. The summed E-state index contributed by atoms with van der Waals surface area (Å²) in [6.07, 6.45) is -3.26. The molecule has 8 nitrogen and oxygen atoms in total. The van der Waals surface area contributed by atoms with Gasteiger partial charge < -0.3 is 30.3 Å². The molecule has 3 aromatic rings. The van der Waals surface area contributed by atoms with Crippen molar-refractivity contribution in [1.29, 1.82) is 0 Å². The number of halogens is 3. The molecule has 1 saturated heterocycles. The van der Waals surface area contributed by atoms with E-state index in [1.165, 1.54) is 19.4 Å². The van der Waals surface area contributed by atoms with Gasteiger partial charge in [0.15, 0.2) is 0 Å². The van der Waals surface area contributed by atoms with Crippen LogP contribution >= 0.6 is 0 Å². The van der Waals surface area contributed by atoms with Crippen molar-refractivity contribution in [3.63, 3.8) is 0 Å². The Morgan fingerprint density at radius 2 is 1.86 bits per heavy atom. The number of nitrogens with zero attached hydrogens (tertiary/aromatic N) is 3. The van der Waals surface area contributed by atoms with Gasteiger partial charge in [0.2, 0.25) is 0 Å². The Hall–Kier alpha value is -3.73. The van der Waals surface area contributed by atoms with Gasteiger partial charge in [0, 0.05) is 43.8 Å². The van der Waals surface area contributed by atoms with Crippen molar-refractivity contribution in [2.45, 2.75) is 13.1 Å². The van der Waals surface area contributed by atoms with Gasteiger partial charge in [-0.05, 0) is 38.2 Å². The first kappa shape index (κ1) is 25.4. The number of amides is 1. The molecule has 0 bridgehead atoms. The van der Waals surface area contributed by atoms with E-state index in [0.717, 1.165) is 44.0 Å². The zero-order valence-electron chi connectivity index (χ0n) is 20.3. The van der Waals surface area contributed by atoms with Crippen LogP contribution in [-0.2, 0) is 6.18 Å². The van der Waals surface area contributed by atoms with Crippen LogP contribution in [0.4, 0.5) is 30.2 Å². The Bertz CT molecular complexity index is 1270. The standard InChI is InChI=1S/C25H28F3N5O3/c1-4-36-22-13-18-16(12-20(22)33-9-7-32(2)8-10-33)23(17(14-30-18)24(29)34)31-19-11-15(25(26,27)28)5-6-21(19)35-3/h5-6,11-14H,4,7-10H2,1-3H3,(H2,29,34)(H,30,31). The molecule has 0 atom stereocenters. The van der Waals surface area contributed by atoms with E-state index >= 15 is 0 Å². The number of hydrogen-bond donors (Lipinski definition) is 2. The maximum absolute atomic E-state index is 13.4. The number of carbonyl (C=O) groups excluding carboxylic acids is 1. The predicted octanol–water partition coefficient (Wildman–Crippen LogP) is 4.26. The van der Waals surface area contributed by atoms with Crippen LogP contribution in [0.2, 0.25) is 0 Å². The predicted molar refractivity (Wildman–Crippen MR) is 132 cm³/mol. The van der Waals surface area contributed by atoms with Gasteiger partial charge in [-0.3, -0.25) is 9.78 Å². The molecular weight excluding hydrogens is 475 g/mol. The number of pyridine rings is 1. The average molecular weight is 504 g/mol. The van der Waals surface area contributed by atoms with Crippen LogP contribution in [0.25, 0.3) is 10.9 Å². The second-order valence-electron chi connectivity index (χ2n) is 8.51. The number of likely N-dealkylation sites (N-methyl/N-ethyl adjacent to an activating group) is 1. The summed E-state index contributed by atoms with van der Waals surface area (Å²) in [5.74, 6) is 0.0398. The highest BCUT2D eigenvalue weighted by molar-refractivity contribution is 6.08. The lowest BCUT2D eigenvalue weighted by Crippen LogP contribution is -2.44. The summed E-state index contributed by atoms with van der Waals surface area (Å²) in [6, 6.07) is 6.70. The molecule has 2 heterocycles. The van der Waals surface area contributed by atoms with Gasteiger partial charge in [0.1, 0.15) is 11.5 Å². The van der Waals surface area contributed by atoms with Crippen molar-refractivity contribution in [2.75, 3.05) is 57.2 Å². The zero-order valence-corrected chi connectivity index (χ0v) is 20.3. The zero-order chi connectivity index (χ0) is 26.0. The number of nitrogens with two attached hydrogens (primary N) is 1. The number of primary amides is 1. The van der Waals surface area contributed by atoms with Crippen molar-refractivity contribution in [1.82, 2.24) is 9.88 Å². The van der Waals surface area contributed by atoms with E-state index in [0.29, 0.717) is 23.3 Å². The molecule has 1 aliphatic rings. The minimum absolute atomic E-state index is 0.0375. The van der Waals surface area contributed by atoms with E-state index in [-0.39, 0.29) is 22.7 Å². The molecule has 0 unspecified atom stereocenters. The topological polar surface area (TPSA) is 93.0 Å². The van der Waals surface area contributed by atoms with E-state index in [1.54, 1.807) is 6.07 Å². The number of methoxy groups -OCH3 is 1. The minimum Gasteiger partial charge on any atom is -0.495 e. The van der Waals surface area contributed by atoms with Gasteiger partial charge in [-0.25, -0.2) is 0 Å². The van der Waals surface area contributed by atoms with Crippen molar-refractivity contribution in [3.8, 4) is 11.5 Å². The number of hydrogen-bond acceptors (Lipinski definition) is 7. The van der Waals surface area contributed by atoms with Gasteiger partial charge in [-0.2, -0.15) is 13.2 Å². The highest BCUT2D eigenvalue weighted by Crippen LogP contribution is 2.41. The molecular formula is C25H28F3N5O3. The number of nitrogens with one attached hydrogen (secondary N) is 1. The van der Waals surface area contributed by atoms with Gasteiger partial charge >= 0.3 is 6.18 Å². The molecule has 1 aliphatic heterocycles. The third kappa shape index (κ3) is 5.11. The van der Waals surface area contributed by atoms with E-state index < -0.39 is 17.6 Å². The van der Waals surface area contributed by atoms with Crippen LogP contribution < -0.4 is 25.4 Å². The van der Waals surface area contributed by atoms with Gasteiger partial charge in [0.05, 0.1) is 47.4 Å². The molecule has 4 rings (SSSR count). The first-order chi connectivity index (χ1) is 17.1. The highest BCUT2D eigenvalue weighted by atomic mass is 19.4. The van der Waals surface area contributed by atoms with Crippen molar-refractivity contribution < 1.29 is 27.4 Å². The molecule has 0 spiro atoms. The quantitative estimate of drug-likeness (QED) is 0.498. The maximum Gasteiger partial charge on any atom is 0.416 e. The largest absolute Gasteiger partial charge is 0.495 e. The summed E-state index contributed by atoms with van der Waals surface area (Å²) < 4.78 is 51.5. The molecule has 1 aromatic heterocycles. The number of benzene rings is 2. The van der Waals surface area contributed by atoms with E-state index in [9.17, 15) is 18.0 Å². The maximum atomic E-state index is 13.4. The number of ether oxygens (including phenoxy) is 2. The Morgan fingerprint density at radius 3 is 2.47 bits per heavy atom. The number of carbonyl (C=O) groups is 1. The molecule has 3 N–H and O–H groups in total. The van der Waals surface area contributed by atoms with E-state index in [2.05, 4.69) is 27.1 Å². The monoisotopic (exact) mass is 503 g/mol. The van der Waals surface area contributed by atoms with Crippen molar-refractivity contribution in [2.24, 2.45) is 5.73 Å². The Balaban J connectivity index is 1.91. The fourth-order valence-corrected chi connectivity index (χ4v) is 4.21. The molecule has 2 aromatic carbocycles.